The molecule has 0 aromatic rings. The average molecular weight is 238 g/mol. The first-order valence-electron chi connectivity index (χ1n) is 6.39. The van der Waals surface area contributed by atoms with Gasteiger partial charge in [0.25, 0.3) is 0 Å². The Hall–Kier alpha value is -1.08. The Balaban J connectivity index is 2.80. The number of aliphatic hydroxyl groups excluding tert-OH is 1. The van der Waals surface area contributed by atoms with Gasteiger partial charge in [0, 0.05) is 13.1 Å². The number of hydrogen-bond donors (Lipinski definition) is 1. The van der Waals surface area contributed by atoms with Crippen molar-refractivity contribution in [2.75, 3.05) is 13.1 Å². The molecule has 0 aliphatic carbocycles. The molecule has 1 fully saturated rings. The fourth-order valence-electron chi connectivity index (χ4n) is 2.29. The first-order chi connectivity index (χ1) is 8.00. The zero-order chi connectivity index (χ0) is 13.1. The van der Waals surface area contributed by atoms with Crippen LogP contribution in [-0.2, 0) is 4.79 Å². The molecule has 2 atom stereocenters. The van der Waals surface area contributed by atoms with Crippen molar-refractivity contribution >= 4 is 5.91 Å². The van der Waals surface area contributed by atoms with Gasteiger partial charge in [0.15, 0.2) is 0 Å². The number of amides is 1. The molecule has 2 unspecified atom stereocenters. The molecule has 1 aliphatic rings. The summed E-state index contributed by atoms with van der Waals surface area (Å²) in [5.41, 5.74) is -0.902. The highest BCUT2D eigenvalue weighted by Crippen LogP contribution is 2.30. The Morgan fingerprint density at radius 2 is 2.12 bits per heavy atom. The van der Waals surface area contributed by atoms with Gasteiger partial charge in [0.2, 0.25) is 5.91 Å². The number of carbonyl (C=O) groups excluding carboxylic acids is 1. The lowest BCUT2D eigenvalue weighted by molar-refractivity contribution is -0.143. The molecular weight excluding hydrogens is 216 g/mol. The summed E-state index contributed by atoms with van der Waals surface area (Å²) in [6, 6.07) is 2.17. The number of β-amino-alcohol motifs (C(OH)–C–C–N with tert-alkyl or cyclic N) is 1. The number of likely N-dealkylation sites (tertiary alicyclic amines) is 1. The van der Waals surface area contributed by atoms with Crippen LogP contribution in [0.1, 0.15) is 40.0 Å². The van der Waals surface area contributed by atoms with E-state index in [2.05, 4.69) is 6.07 Å². The van der Waals surface area contributed by atoms with Crippen LogP contribution < -0.4 is 0 Å². The average Bonchev–Trinajstić information content (AvgIpc) is 2.35. The molecular formula is C13H22N2O2. The Morgan fingerprint density at radius 1 is 1.53 bits per heavy atom. The molecule has 1 rings (SSSR count). The standard InChI is InChI=1S/C13H22N2O2/c1-4-13(5-2,9-14)12(17)15-7-6-10(3)11(16)8-15/h10-11,16H,4-8H2,1-3H3. The van der Waals surface area contributed by atoms with Crippen molar-refractivity contribution in [1.82, 2.24) is 4.90 Å². The van der Waals surface area contributed by atoms with Gasteiger partial charge < -0.3 is 10.0 Å². The fourth-order valence-corrected chi connectivity index (χ4v) is 2.29. The number of carbonyl (C=O) groups is 1. The lowest BCUT2D eigenvalue weighted by atomic mass is 9.81. The molecule has 4 heteroatoms. The van der Waals surface area contributed by atoms with E-state index in [4.69, 9.17) is 0 Å². The molecule has 4 nitrogen and oxygen atoms in total. The van der Waals surface area contributed by atoms with Crippen molar-refractivity contribution in [2.24, 2.45) is 11.3 Å². The fraction of sp³-hybridized carbons (Fsp3) is 0.846. The zero-order valence-corrected chi connectivity index (χ0v) is 10.9. The maximum absolute atomic E-state index is 12.4. The molecule has 0 bridgehead atoms. The van der Waals surface area contributed by atoms with E-state index in [9.17, 15) is 15.2 Å². The third-order valence-electron chi connectivity index (χ3n) is 4.04. The molecule has 1 amide bonds. The van der Waals surface area contributed by atoms with E-state index < -0.39 is 11.5 Å². The maximum Gasteiger partial charge on any atom is 0.243 e. The van der Waals surface area contributed by atoms with Gasteiger partial charge in [-0.15, -0.1) is 0 Å². The number of aliphatic hydroxyl groups is 1. The Bertz CT molecular complexity index is 318. The third kappa shape index (κ3) is 2.61. The topological polar surface area (TPSA) is 64.3 Å². The van der Waals surface area contributed by atoms with Crippen molar-refractivity contribution in [3.8, 4) is 6.07 Å². The molecule has 96 valence electrons. The highest BCUT2D eigenvalue weighted by atomic mass is 16.3. The van der Waals surface area contributed by atoms with E-state index in [-0.39, 0.29) is 11.8 Å². The number of nitriles is 1. The monoisotopic (exact) mass is 238 g/mol. The van der Waals surface area contributed by atoms with Crippen LogP contribution >= 0.6 is 0 Å². The third-order valence-corrected chi connectivity index (χ3v) is 4.04. The van der Waals surface area contributed by atoms with Gasteiger partial charge >= 0.3 is 0 Å². The molecule has 1 saturated heterocycles. The van der Waals surface area contributed by atoms with Gasteiger partial charge in [-0.2, -0.15) is 5.26 Å². The summed E-state index contributed by atoms with van der Waals surface area (Å²) in [5, 5.41) is 19.0. The molecule has 1 aliphatic heterocycles. The van der Waals surface area contributed by atoms with Crippen LogP contribution in [0.4, 0.5) is 0 Å². The van der Waals surface area contributed by atoms with Crippen LogP contribution in [0.3, 0.4) is 0 Å². The summed E-state index contributed by atoms with van der Waals surface area (Å²) >= 11 is 0. The number of rotatable bonds is 3. The van der Waals surface area contributed by atoms with E-state index in [1.54, 1.807) is 4.90 Å². The van der Waals surface area contributed by atoms with E-state index in [1.165, 1.54) is 0 Å². The molecule has 0 spiro atoms. The molecule has 0 saturated carbocycles. The summed E-state index contributed by atoms with van der Waals surface area (Å²) in [6.07, 6.45) is 1.40. The summed E-state index contributed by atoms with van der Waals surface area (Å²) in [6.45, 7) is 6.74. The van der Waals surface area contributed by atoms with Crippen molar-refractivity contribution < 1.29 is 9.90 Å². The first kappa shape index (κ1) is 14.0. The predicted octanol–water partition coefficient (Wildman–Crippen LogP) is 1.55. The quantitative estimate of drug-likeness (QED) is 0.811. The minimum atomic E-state index is -0.902. The van der Waals surface area contributed by atoms with Gasteiger partial charge in [-0.05, 0) is 25.2 Å². The second-order valence-electron chi connectivity index (χ2n) is 4.99. The maximum atomic E-state index is 12.4. The van der Waals surface area contributed by atoms with Crippen LogP contribution in [0.2, 0.25) is 0 Å². The van der Waals surface area contributed by atoms with Gasteiger partial charge in [0.1, 0.15) is 5.41 Å². The predicted molar refractivity (Wildman–Crippen MR) is 65.0 cm³/mol. The second kappa shape index (κ2) is 5.50. The minimum Gasteiger partial charge on any atom is -0.391 e. The van der Waals surface area contributed by atoms with Gasteiger partial charge in [-0.3, -0.25) is 4.79 Å². The highest BCUT2D eigenvalue weighted by Gasteiger charge is 2.40. The Kier molecular flexibility index (Phi) is 4.53. The SMILES string of the molecule is CCC(C#N)(CC)C(=O)N1CCC(C)C(O)C1. The van der Waals surface area contributed by atoms with E-state index in [0.29, 0.717) is 25.9 Å². The zero-order valence-electron chi connectivity index (χ0n) is 10.9. The molecule has 0 aromatic carbocycles. The van der Waals surface area contributed by atoms with Gasteiger partial charge in [-0.1, -0.05) is 20.8 Å². The molecule has 1 N–H and O–H groups in total. The summed E-state index contributed by atoms with van der Waals surface area (Å²) in [5.74, 6) is 0.120. The normalized spacial score (nSPS) is 25.5. The van der Waals surface area contributed by atoms with Gasteiger partial charge in [-0.25, -0.2) is 0 Å². The second-order valence-corrected chi connectivity index (χ2v) is 4.99. The largest absolute Gasteiger partial charge is 0.391 e. The first-order valence-corrected chi connectivity index (χ1v) is 6.39. The molecule has 17 heavy (non-hydrogen) atoms. The van der Waals surface area contributed by atoms with Crippen molar-refractivity contribution in [2.45, 2.75) is 46.1 Å². The molecule has 0 radical (unpaired) electrons. The van der Waals surface area contributed by atoms with Crippen LogP contribution in [0.5, 0.6) is 0 Å². The summed E-state index contributed by atoms with van der Waals surface area (Å²) < 4.78 is 0. The van der Waals surface area contributed by atoms with Crippen LogP contribution in [0.25, 0.3) is 0 Å². The summed E-state index contributed by atoms with van der Waals surface area (Å²) in [4.78, 5) is 14.0. The number of hydrogen-bond acceptors (Lipinski definition) is 3. The Morgan fingerprint density at radius 3 is 2.53 bits per heavy atom. The summed E-state index contributed by atoms with van der Waals surface area (Å²) in [7, 11) is 0. The van der Waals surface area contributed by atoms with Crippen LogP contribution in [-0.4, -0.2) is 35.1 Å². The lowest BCUT2D eigenvalue weighted by Gasteiger charge is -2.38. The molecule has 1 heterocycles. The van der Waals surface area contributed by atoms with E-state index in [0.717, 1.165) is 6.42 Å². The van der Waals surface area contributed by atoms with Crippen LogP contribution in [0, 0.1) is 22.7 Å². The lowest BCUT2D eigenvalue weighted by Crippen LogP contribution is -2.51. The van der Waals surface area contributed by atoms with E-state index in [1.807, 2.05) is 20.8 Å². The number of piperidine rings is 1. The highest BCUT2D eigenvalue weighted by molar-refractivity contribution is 5.85. The van der Waals surface area contributed by atoms with Gasteiger partial charge in [0.05, 0.1) is 12.2 Å². The Labute approximate surface area is 103 Å². The smallest absolute Gasteiger partial charge is 0.243 e. The van der Waals surface area contributed by atoms with Crippen LogP contribution in [0.15, 0.2) is 0 Å². The van der Waals surface area contributed by atoms with Crippen molar-refractivity contribution in [3.05, 3.63) is 0 Å². The molecule has 0 aromatic heterocycles. The van der Waals surface area contributed by atoms with E-state index >= 15 is 0 Å². The van der Waals surface area contributed by atoms with Crippen molar-refractivity contribution in [3.63, 3.8) is 0 Å². The minimum absolute atomic E-state index is 0.115. The number of nitrogens with zero attached hydrogens (tertiary/aromatic N) is 2. The van der Waals surface area contributed by atoms with Crippen molar-refractivity contribution in [1.29, 1.82) is 5.26 Å².